The summed E-state index contributed by atoms with van der Waals surface area (Å²) < 4.78 is 5.27. The molecule has 0 saturated heterocycles. The van der Waals surface area contributed by atoms with E-state index in [1.54, 1.807) is 18.4 Å². The molecule has 3 N–H and O–H groups in total. The molecule has 0 amide bonds. The summed E-state index contributed by atoms with van der Waals surface area (Å²) in [4.78, 5) is 0. The zero-order valence-corrected chi connectivity index (χ0v) is 9.55. The largest absolute Gasteiger partial charge is 0.508 e. The Balaban J connectivity index is 1.98. The van der Waals surface area contributed by atoms with Crippen LogP contribution in [0.2, 0.25) is 0 Å². The van der Waals surface area contributed by atoms with Gasteiger partial charge in [0.2, 0.25) is 0 Å². The van der Waals surface area contributed by atoms with Gasteiger partial charge in [0.15, 0.2) is 0 Å². The van der Waals surface area contributed by atoms with Gasteiger partial charge in [-0.1, -0.05) is 6.07 Å². The Morgan fingerprint density at radius 2 is 2.12 bits per heavy atom. The molecule has 17 heavy (non-hydrogen) atoms. The normalized spacial score (nSPS) is 12.5. The van der Waals surface area contributed by atoms with E-state index in [2.05, 4.69) is 5.32 Å². The second-order valence-corrected chi connectivity index (χ2v) is 3.93. The SMILES string of the molecule is C[C@@H](NCc1ccc(O)cc1O)c1ccco1. The maximum absolute atomic E-state index is 9.61. The summed E-state index contributed by atoms with van der Waals surface area (Å²) in [5.74, 6) is 0.998. The van der Waals surface area contributed by atoms with Crippen molar-refractivity contribution in [3.8, 4) is 11.5 Å². The number of nitrogens with one attached hydrogen (secondary N) is 1. The minimum absolute atomic E-state index is 0.0605. The molecular formula is C13H15NO3. The summed E-state index contributed by atoms with van der Waals surface area (Å²) >= 11 is 0. The lowest BCUT2D eigenvalue weighted by atomic mass is 10.1. The topological polar surface area (TPSA) is 65.6 Å². The van der Waals surface area contributed by atoms with Gasteiger partial charge in [0, 0.05) is 18.2 Å². The highest BCUT2D eigenvalue weighted by Crippen LogP contribution is 2.23. The molecular weight excluding hydrogens is 218 g/mol. The van der Waals surface area contributed by atoms with Gasteiger partial charge in [-0.05, 0) is 25.1 Å². The molecule has 4 nitrogen and oxygen atoms in total. The van der Waals surface area contributed by atoms with E-state index in [-0.39, 0.29) is 17.5 Å². The second kappa shape index (κ2) is 4.93. The number of hydrogen-bond donors (Lipinski definition) is 3. The predicted molar refractivity (Wildman–Crippen MR) is 63.7 cm³/mol. The van der Waals surface area contributed by atoms with Crippen LogP contribution in [0.3, 0.4) is 0 Å². The van der Waals surface area contributed by atoms with Crippen LogP contribution >= 0.6 is 0 Å². The van der Waals surface area contributed by atoms with Crippen LogP contribution in [0.15, 0.2) is 41.0 Å². The van der Waals surface area contributed by atoms with E-state index in [1.165, 1.54) is 6.07 Å². The second-order valence-electron chi connectivity index (χ2n) is 3.93. The Morgan fingerprint density at radius 1 is 1.29 bits per heavy atom. The molecule has 2 rings (SSSR count). The van der Waals surface area contributed by atoms with Crippen molar-refractivity contribution in [3.05, 3.63) is 47.9 Å². The first-order valence-corrected chi connectivity index (χ1v) is 5.44. The summed E-state index contributed by atoms with van der Waals surface area (Å²) in [6.07, 6.45) is 1.63. The molecule has 0 radical (unpaired) electrons. The molecule has 1 heterocycles. The van der Waals surface area contributed by atoms with Gasteiger partial charge in [-0.25, -0.2) is 0 Å². The van der Waals surface area contributed by atoms with E-state index in [0.29, 0.717) is 6.54 Å². The van der Waals surface area contributed by atoms with Crippen LogP contribution in [-0.2, 0) is 6.54 Å². The highest BCUT2D eigenvalue weighted by atomic mass is 16.3. The van der Waals surface area contributed by atoms with Crippen molar-refractivity contribution in [2.75, 3.05) is 0 Å². The van der Waals surface area contributed by atoms with E-state index in [4.69, 9.17) is 9.52 Å². The Hall–Kier alpha value is -1.94. The van der Waals surface area contributed by atoms with Gasteiger partial charge < -0.3 is 19.9 Å². The van der Waals surface area contributed by atoms with E-state index in [1.807, 2.05) is 19.1 Å². The molecule has 0 unspecified atom stereocenters. The van der Waals surface area contributed by atoms with E-state index in [0.717, 1.165) is 11.3 Å². The summed E-state index contributed by atoms with van der Waals surface area (Å²) in [5.41, 5.74) is 0.737. The molecule has 1 aromatic heterocycles. The molecule has 0 aliphatic carbocycles. The first-order chi connectivity index (χ1) is 8.16. The number of hydrogen-bond acceptors (Lipinski definition) is 4. The molecule has 4 heteroatoms. The van der Waals surface area contributed by atoms with Gasteiger partial charge in [-0.3, -0.25) is 0 Å². The molecule has 0 aliphatic rings. The van der Waals surface area contributed by atoms with Crippen molar-refractivity contribution in [2.24, 2.45) is 0 Å². The number of benzene rings is 1. The molecule has 1 aromatic carbocycles. The molecule has 90 valence electrons. The fourth-order valence-electron chi connectivity index (χ4n) is 1.60. The average Bonchev–Trinajstić information content (AvgIpc) is 2.81. The Morgan fingerprint density at radius 3 is 2.76 bits per heavy atom. The van der Waals surface area contributed by atoms with Gasteiger partial charge in [0.05, 0.1) is 12.3 Å². The Labute approximate surface area is 99.5 Å². The number of aromatic hydroxyl groups is 2. The molecule has 0 aliphatic heterocycles. The summed E-state index contributed by atoms with van der Waals surface area (Å²) in [6.45, 7) is 2.49. The number of phenols is 2. The third-order valence-electron chi connectivity index (χ3n) is 2.64. The number of rotatable bonds is 4. The van der Waals surface area contributed by atoms with E-state index < -0.39 is 0 Å². The fourth-order valence-corrected chi connectivity index (χ4v) is 1.60. The third kappa shape index (κ3) is 2.79. The van der Waals surface area contributed by atoms with Crippen LogP contribution in [-0.4, -0.2) is 10.2 Å². The minimum atomic E-state index is 0.0605. The van der Waals surface area contributed by atoms with Crippen molar-refractivity contribution in [3.63, 3.8) is 0 Å². The monoisotopic (exact) mass is 233 g/mol. The predicted octanol–water partition coefficient (Wildman–Crippen LogP) is 2.54. The first-order valence-electron chi connectivity index (χ1n) is 5.44. The highest BCUT2D eigenvalue weighted by molar-refractivity contribution is 5.38. The van der Waals surface area contributed by atoms with E-state index in [9.17, 15) is 5.11 Å². The van der Waals surface area contributed by atoms with Gasteiger partial charge in [-0.2, -0.15) is 0 Å². The summed E-state index contributed by atoms with van der Waals surface area (Å²) in [7, 11) is 0. The Kier molecular flexibility index (Phi) is 3.35. The molecule has 0 saturated carbocycles. The van der Waals surface area contributed by atoms with Crippen molar-refractivity contribution in [1.82, 2.24) is 5.32 Å². The smallest absolute Gasteiger partial charge is 0.123 e. The van der Waals surface area contributed by atoms with Crippen LogP contribution < -0.4 is 5.32 Å². The lowest BCUT2D eigenvalue weighted by Crippen LogP contribution is -2.17. The quantitative estimate of drug-likeness (QED) is 0.759. The first kappa shape index (κ1) is 11.5. The standard InChI is InChI=1S/C13H15NO3/c1-9(13-3-2-6-17-13)14-8-10-4-5-11(15)7-12(10)16/h2-7,9,14-16H,8H2,1H3/t9-/m1/s1. The van der Waals surface area contributed by atoms with E-state index >= 15 is 0 Å². The highest BCUT2D eigenvalue weighted by Gasteiger charge is 2.09. The van der Waals surface area contributed by atoms with Crippen molar-refractivity contribution in [1.29, 1.82) is 0 Å². The summed E-state index contributed by atoms with van der Waals surface area (Å²) in [6, 6.07) is 8.37. The van der Waals surface area contributed by atoms with Gasteiger partial charge >= 0.3 is 0 Å². The number of furan rings is 1. The van der Waals surface area contributed by atoms with Crippen LogP contribution in [0.25, 0.3) is 0 Å². The van der Waals surface area contributed by atoms with Crippen molar-refractivity contribution >= 4 is 0 Å². The maximum atomic E-state index is 9.61. The third-order valence-corrected chi connectivity index (χ3v) is 2.64. The van der Waals surface area contributed by atoms with Crippen LogP contribution in [0.5, 0.6) is 11.5 Å². The van der Waals surface area contributed by atoms with Crippen LogP contribution in [0.4, 0.5) is 0 Å². The molecule has 0 bridgehead atoms. The lowest BCUT2D eigenvalue weighted by molar-refractivity contribution is 0.418. The molecule has 2 aromatic rings. The van der Waals surface area contributed by atoms with Gasteiger partial charge in [-0.15, -0.1) is 0 Å². The molecule has 0 fully saturated rings. The van der Waals surface area contributed by atoms with Gasteiger partial charge in [0.25, 0.3) is 0 Å². The zero-order valence-electron chi connectivity index (χ0n) is 9.55. The van der Waals surface area contributed by atoms with Crippen molar-refractivity contribution in [2.45, 2.75) is 19.5 Å². The average molecular weight is 233 g/mol. The zero-order chi connectivity index (χ0) is 12.3. The van der Waals surface area contributed by atoms with Crippen LogP contribution in [0.1, 0.15) is 24.3 Å². The van der Waals surface area contributed by atoms with Gasteiger partial charge in [0.1, 0.15) is 17.3 Å². The maximum Gasteiger partial charge on any atom is 0.123 e. The Bertz CT molecular complexity index is 479. The lowest BCUT2D eigenvalue weighted by Gasteiger charge is -2.12. The molecule has 1 atom stereocenters. The summed E-state index contributed by atoms with van der Waals surface area (Å²) in [5, 5.41) is 22.0. The van der Waals surface area contributed by atoms with Crippen molar-refractivity contribution < 1.29 is 14.6 Å². The molecule has 0 spiro atoms. The minimum Gasteiger partial charge on any atom is -0.508 e. The van der Waals surface area contributed by atoms with Crippen LogP contribution in [0, 0.1) is 0 Å². The number of phenolic OH excluding ortho intramolecular Hbond substituents is 2. The fraction of sp³-hybridized carbons (Fsp3) is 0.231.